The Morgan fingerprint density at radius 1 is 1.29 bits per heavy atom. The van der Waals surface area contributed by atoms with E-state index in [9.17, 15) is 13.2 Å². The molecule has 7 heteroatoms. The van der Waals surface area contributed by atoms with Gasteiger partial charge in [-0.05, 0) is 0 Å². The van der Waals surface area contributed by atoms with Crippen LogP contribution in [-0.2, 0) is 14.2 Å². The van der Waals surface area contributed by atoms with Gasteiger partial charge in [0.25, 0.3) is 0 Å². The lowest BCUT2D eigenvalue weighted by atomic mass is 10.1. The topological polar surface area (TPSA) is 30.9 Å². The number of morpholine rings is 1. The Labute approximate surface area is 98.6 Å². The molecule has 0 amide bonds. The largest absolute Gasteiger partial charge is 0.382 e. The van der Waals surface area contributed by atoms with Crippen molar-refractivity contribution in [2.24, 2.45) is 0 Å². The summed E-state index contributed by atoms with van der Waals surface area (Å²) in [5.74, 6) is -3.61. The molecule has 4 nitrogen and oxygen atoms in total. The van der Waals surface area contributed by atoms with E-state index in [1.54, 1.807) is 0 Å². The Morgan fingerprint density at radius 3 is 2.35 bits per heavy atom. The summed E-state index contributed by atoms with van der Waals surface area (Å²) in [5, 5.41) is 0. The minimum atomic E-state index is -3.61. The normalized spacial score (nSPS) is 22.4. The van der Waals surface area contributed by atoms with E-state index in [2.05, 4.69) is 9.47 Å². The molecule has 1 saturated heterocycles. The van der Waals surface area contributed by atoms with Crippen LogP contribution < -0.4 is 0 Å². The summed E-state index contributed by atoms with van der Waals surface area (Å²) < 4.78 is 55.6. The summed E-state index contributed by atoms with van der Waals surface area (Å²) in [6, 6.07) is 0. The van der Waals surface area contributed by atoms with Gasteiger partial charge in [-0.15, -0.1) is 0 Å². The second kappa shape index (κ2) is 6.53. The number of rotatable bonds is 6. The van der Waals surface area contributed by atoms with E-state index >= 15 is 0 Å². The zero-order valence-electron chi connectivity index (χ0n) is 10.00. The summed E-state index contributed by atoms with van der Waals surface area (Å²) in [4.78, 5) is 1.06. The third-order valence-corrected chi connectivity index (χ3v) is 2.72. The average molecular weight is 257 g/mol. The van der Waals surface area contributed by atoms with Crippen molar-refractivity contribution in [1.29, 1.82) is 0 Å². The molecule has 0 bridgehead atoms. The molecule has 0 aliphatic carbocycles. The number of hydrogen-bond acceptors (Lipinski definition) is 4. The van der Waals surface area contributed by atoms with Crippen molar-refractivity contribution < 1.29 is 27.4 Å². The Morgan fingerprint density at radius 2 is 1.88 bits per heavy atom. The van der Waals surface area contributed by atoms with Crippen molar-refractivity contribution in [2.45, 2.75) is 18.3 Å². The molecule has 0 aromatic rings. The van der Waals surface area contributed by atoms with Crippen LogP contribution in [0.3, 0.4) is 0 Å². The number of hydrogen-bond donors (Lipinski definition) is 0. The quantitative estimate of drug-likeness (QED) is 0.662. The van der Waals surface area contributed by atoms with Crippen LogP contribution in [0.4, 0.5) is 13.2 Å². The van der Waals surface area contributed by atoms with Gasteiger partial charge < -0.3 is 14.2 Å². The third-order valence-electron chi connectivity index (χ3n) is 2.72. The standard InChI is InChI=1S/C10H18F3NO3/c1-15-7-8(16-2)10(12,13)9(11)14-3-5-17-6-4-14/h8-9H,3-7H2,1-2H3. The highest BCUT2D eigenvalue weighted by atomic mass is 19.3. The Hall–Kier alpha value is -0.370. The van der Waals surface area contributed by atoms with Crippen molar-refractivity contribution in [1.82, 2.24) is 4.90 Å². The van der Waals surface area contributed by atoms with Gasteiger partial charge in [-0.2, -0.15) is 8.78 Å². The van der Waals surface area contributed by atoms with E-state index in [4.69, 9.17) is 4.74 Å². The maximum absolute atomic E-state index is 13.8. The van der Waals surface area contributed by atoms with Crippen LogP contribution in [0.25, 0.3) is 0 Å². The first-order valence-corrected chi connectivity index (χ1v) is 5.39. The van der Waals surface area contributed by atoms with E-state index in [0.717, 1.165) is 12.0 Å². The minimum absolute atomic E-state index is 0.153. The molecule has 0 radical (unpaired) electrons. The molecule has 17 heavy (non-hydrogen) atoms. The molecule has 0 aromatic carbocycles. The molecule has 1 rings (SSSR count). The van der Waals surface area contributed by atoms with Crippen molar-refractivity contribution in [3.05, 3.63) is 0 Å². The summed E-state index contributed by atoms with van der Waals surface area (Å²) in [6.45, 7) is 0.478. The Kier molecular flexibility index (Phi) is 5.64. The van der Waals surface area contributed by atoms with Crippen molar-refractivity contribution in [2.75, 3.05) is 47.1 Å². The number of nitrogens with zero attached hydrogens (tertiary/aromatic N) is 1. The van der Waals surface area contributed by atoms with Gasteiger partial charge in [-0.3, -0.25) is 4.90 Å². The van der Waals surface area contributed by atoms with Crippen LogP contribution in [0.1, 0.15) is 0 Å². The molecular formula is C10H18F3NO3. The number of alkyl halides is 3. The van der Waals surface area contributed by atoms with E-state index in [1.807, 2.05) is 0 Å². The number of halogens is 3. The zero-order valence-corrected chi connectivity index (χ0v) is 10.00. The third kappa shape index (κ3) is 3.54. The van der Waals surface area contributed by atoms with Gasteiger partial charge in [0, 0.05) is 27.3 Å². The van der Waals surface area contributed by atoms with Crippen LogP contribution in [0, 0.1) is 0 Å². The Balaban J connectivity index is 2.65. The van der Waals surface area contributed by atoms with Crippen LogP contribution in [0.2, 0.25) is 0 Å². The van der Waals surface area contributed by atoms with Crippen molar-refractivity contribution in [3.63, 3.8) is 0 Å². The van der Waals surface area contributed by atoms with E-state index in [1.165, 1.54) is 7.11 Å². The van der Waals surface area contributed by atoms with Crippen molar-refractivity contribution in [3.8, 4) is 0 Å². The summed E-state index contributed by atoms with van der Waals surface area (Å²) in [5.41, 5.74) is 0. The van der Waals surface area contributed by atoms with Gasteiger partial charge in [0.2, 0.25) is 6.30 Å². The average Bonchev–Trinajstić information content (AvgIpc) is 2.35. The van der Waals surface area contributed by atoms with Gasteiger partial charge in [0.1, 0.15) is 6.10 Å². The van der Waals surface area contributed by atoms with Gasteiger partial charge in [-0.1, -0.05) is 0 Å². The molecule has 1 fully saturated rings. The maximum atomic E-state index is 13.8. The SMILES string of the molecule is COCC(OC)C(F)(F)C(F)N1CCOCC1. The molecular weight excluding hydrogens is 239 g/mol. The molecule has 0 spiro atoms. The molecule has 1 heterocycles. The van der Waals surface area contributed by atoms with Gasteiger partial charge in [0.15, 0.2) is 0 Å². The van der Waals surface area contributed by atoms with Crippen molar-refractivity contribution >= 4 is 0 Å². The van der Waals surface area contributed by atoms with Crippen LogP contribution in [0.15, 0.2) is 0 Å². The van der Waals surface area contributed by atoms with Gasteiger partial charge in [-0.25, -0.2) is 4.39 Å². The van der Waals surface area contributed by atoms with E-state index in [-0.39, 0.29) is 32.9 Å². The second-order valence-electron chi connectivity index (χ2n) is 3.84. The lowest BCUT2D eigenvalue weighted by molar-refractivity contribution is -0.220. The maximum Gasteiger partial charge on any atom is 0.319 e. The van der Waals surface area contributed by atoms with Crippen LogP contribution in [-0.4, -0.2) is 70.4 Å². The Bertz CT molecular complexity index is 225. The molecule has 0 aromatic heterocycles. The fourth-order valence-corrected chi connectivity index (χ4v) is 1.69. The monoisotopic (exact) mass is 257 g/mol. The fourth-order valence-electron chi connectivity index (χ4n) is 1.69. The lowest BCUT2D eigenvalue weighted by Crippen LogP contribution is -2.55. The number of ether oxygens (including phenoxy) is 3. The first kappa shape index (κ1) is 14.7. The summed E-state index contributed by atoms with van der Waals surface area (Å²) >= 11 is 0. The fraction of sp³-hybridized carbons (Fsp3) is 1.00. The second-order valence-corrected chi connectivity index (χ2v) is 3.84. The molecule has 0 N–H and O–H groups in total. The minimum Gasteiger partial charge on any atom is -0.382 e. The first-order chi connectivity index (χ1) is 8.04. The number of methoxy groups -OCH3 is 2. The molecule has 1 aliphatic rings. The smallest absolute Gasteiger partial charge is 0.319 e. The van der Waals surface area contributed by atoms with E-state index < -0.39 is 18.3 Å². The summed E-state index contributed by atoms with van der Waals surface area (Å²) in [6.07, 6.45) is -3.98. The molecule has 0 saturated carbocycles. The lowest BCUT2D eigenvalue weighted by Gasteiger charge is -2.36. The molecule has 1 aliphatic heterocycles. The van der Waals surface area contributed by atoms with Crippen LogP contribution in [0.5, 0.6) is 0 Å². The molecule has 102 valence electrons. The van der Waals surface area contributed by atoms with E-state index in [0.29, 0.717) is 0 Å². The predicted molar refractivity (Wildman–Crippen MR) is 54.9 cm³/mol. The van der Waals surface area contributed by atoms with Gasteiger partial charge >= 0.3 is 5.92 Å². The predicted octanol–water partition coefficient (Wildman–Crippen LogP) is 0.911. The highest BCUT2D eigenvalue weighted by molar-refractivity contribution is 4.86. The van der Waals surface area contributed by atoms with Crippen LogP contribution >= 0.6 is 0 Å². The molecule has 2 atom stereocenters. The van der Waals surface area contributed by atoms with Gasteiger partial charge in [0.05, 0.1) is 19.8 Å². The first-order valence-electron chi connectivity index (χ1n) is 5.39. The highest BCUT2D eigenvalue weighted by Crippen LogP contribution is 2.30. The molecule has 2 unspecified atom stereocenters. The summed E-state index contributed by atoms with van der Waals surface area (Å²) in [7, 11) is 2.38. The zero-order chi connectivity index (χ0) is 12.9. The highest BCUT2D eigenvalue weighted by Gasteiger charge is 2.51.